The summed E-state index contributed by atoms with van der Waals surface area (Å²) < 4.78 is 0. The third-order valence-corrected chi connectivity index (χ3v) is 2.47. The van der Waals surface area contributed by atoms with E-state index in [9.17, 15) is 0 Å². The first-order valence-electron chi connectivity index (χ1n) is 3.46. The van der Waals surface area contributed by atoms with E-state index in [0.29, 0.717) is 26.6 Å². The zero-order valence-electron chi connectivity index (χ0n) is 7.22. The smallest absolute Gasteiger partial charge is 0.0964 e. The predicted octanol–water partition coefficient (Wildman–Crippen LogP) is 4.08. The van der Waals surface area contributed by atoms with Crippen molar-refractivity contribution in [3.8, 4) is 0 Å². The summed E-state index contributed by atoms with van der Waals surface area (Å²) >= 11 is 17.3. The van der Waals surface area contributed by atoms with Crippen molar-refractivity contribution >= 4 is 58.7 Å². The highest BCUT2D eigenvalue weighted by Crippen LogP contribution is 2.34. The number of halogens is 4. The van der Waals surface area contributed by atoms with Crippen LogP contribution in [0.5, 0.6) is 0 Å². The molecule has 0 saturated heterocycles. The largest absolute Gasteiger partial charge is 0.387 e. The van der Waals surface area contributed by atoms with Crippen molar-refractivity contribution in [2.75, 3.05) is 0 Å². The second-order valence-corrected chi connectivity index (χ2v) is 3.67. The van der Waals surface area contributed by atoms with E-state index in [2.05, 4.69) is 4.99 Å². The highest BCUT2D eigenvalue weighted by molar-refractivity contribution is 6.48. The molecule has 1 aromatic carbocycles. The quantitative estimate of drug-likeness (QED) is 0.467. The first-order chi connectivity index (χ1) is 6.00. The number of nitrogens with two attached hydrogens (primary N) is 1. The summed E-state index contributed by atoms with van der Waals surface area (Å²) in [7, 11) is 0. The first kappa shape index (κ1) is 13.8. The maximum Gasteiger partial charge on any atom is 0.0964 e. The molecule has 0 aliphatic carbocycles. The predicted molar refractivity (Wildman–Crippen MR) is 65.7 cm³/mol. The third kappa shape index (κ3) is 3.54. The Bertz CT molecular complexity index is 335. The Balaban J connectivity index is 0.00000169. The molecule has 0 aliphatic rings. The van der Waals surface area contributed by atoms with Crippen LogP contribution >= 0.6 is 47.2 Å². The van der Waals surface area contributed by atoms with Crippen molar-refractivity contribution in [2.45, 2.75) is 6.92 Å². The second kappa shape index (κ2) is 5.66. The number of amidine groups is 1. The van der Waals surface area contributed by atoms with E-state index in [0.717, 1.165) is 0 Å². The monoisotopic (exact) mass is 272 g/mol. The topological polar surface area (TPSA) is 38.4 Å². The lowest BCUT2D eigenvalue weighted by molar-refractivity contribution is 1.45. The number of rotatable bonds is 1. The van der Waals surface area contributed by atoms with Gasteiger partial charge in [-0.2, -0.15) is 0 Å². The number of aliphatic imine (C=N–C) groups is 1. The van der Waals surface area contributed by atoms with Crippen LogP contribution < -0.4 is 5.73 Å². The van der Waals surface area contributed by atoms with E-state index in [4.69, 9.17) is 40.5 Å². The number of hydrogen-bond acceptors (Lipinski definition) is 1. The Morgan fingerprint density at radius 3 is 2.00 bits per heavy atom. The normalized spacial score (nSPS) is 11.0. The van der Waals surface area contributed by atoms with Crippen LogP contribution in [0.3, 0.4) is 0 Å². The molecule has 0 fully saturated rings. The van der Waals surface area contributed by atoms with Gasteiger partial charge in [-0.15, -0.1) is 12.4 Å². The molecule has 2 nitrogen and oxygen atoms in total. The van der Waals surface area contributed by atoms with Crippen LogP contribution in [0.1, 0.15) is 6.92 Å². The van der Waals surface area contributed by atoms with E-state index in [1.165, 1.54) is 0 Å². The standard InChI is InChI=1S/C8H7Cl3N2.ClH/c1-4(12)13-5-2-6(9)8(11)7(10)3-5;/h2-3H,1H3,(H2,12,13);1H. The Kier molecular flexibility index (Phi) is 5.60. The Morgan fingerprint density at radius 2 is 1.64 bits per heavy atom. The molecule has 78 valence electrons. The Morgan fingerprint density at radius 1 is 1.21 bits per heavy atom. The van der Waals surface area contributed by atoms with Gasteiger partial charge >= 0.3 is 0 Å². The molecule has 0 saturated carbocycles. The van der Waals surface area contributed by atoms with Crippen LogP contribution in [-0.2, 0) is 0 Å². The minimum atomic E-state index is 0. The molecule has 0 radical (unpaired) electrons. The van der Waals surface area contributed by atoms with E-state index in [1.807, 2.05) is 0 Å². The van der Waals surface area contributed by atoms with Gasteiger partial charge in [-0.25, -0.2) is 4.99 Å². The maximum atomic E-state index is 5.78. The van der Waals surface area contributed by atoms with E-state index >= 15 is 0 Å². The molecular weight excluding hydrogens is 266 g/mol. The summed E-state index contributed by atoms with van der Waals surface area (Å²) in [6.07, 6.45) is 0. The van der Waals surface area contributed by atoms with Crippen LogP contribution in [0, 0.1) is 0 Å². The van der Waals surface area contributed by atoms with E-state index in [-0.39, 0.29) is 12.4 Å². The summed E-state index contributed by atoms with van der Waals surface area (Å²) in [6, 6.07) is 3.21. The first-order valence-corrected chi connectivity index (χ1v) is 4.59. The van der Waals surface area contributed by atoms with E-state index in [1.54, 1.807) is 19.1 Å². The summed E-state index contributed by atoms with van der Waals surface area (Å²) in [6.45, 7) is 1.68. The summed E-state index contributed by atoms with van der Waals surface area (Å²) in [4.78, 5) is 3.99. The van der Waals surface area contributed by atoms with Gasteiger partial charge in [0.25, 0.3) is 0 Å². The van der Waals surface area contributed by atoms with Crippen molar-refractivity contribution in [2.24, 2.45) is 10.7 Å². The van der Waals surface area contributed by atoms with Crippen molar-refractivity contribution in [1.82, 2.24) is 0 Å². The van der Waals surface area contributed by atoms with Gasteiger partial charge in [-0.05, 0) is 19.1 Å². The lowest BCUT2D eigenvalue weighted by Crippen LogP contribution is -2.03. The van der Waals surface area contributed by atoms with Gasteiger partial charge in [0, 0.05) is 0 Å². The van der Waals surface area contributed by atoms with Crippen LogP contribution in [0.25, 0.3) is 0 Å². The highest BCUT2D eigenvalue weighted by Gasteiger charge is 2.04. The molecule has 2 N–H and O–H groups in total. The molecule has 0 spiro atoms. The summed E-state index contributed by atoms with van der Waals surface area (Å²) in [5, 5.41) is 1.07. The molecule has 0 aliphatic heterocycles. The van der Waals surface area contributed by atoms with Gasteiger partial charge in [0.2, 0.25) is 0 Å². The molecule has 0 aromatic heterocycles. The zero-order chi connectivity index (χ0) is 10.0. The molecule has 1 aromatic rings. The van der Waals surface area contributed by atoms with E-state index < -0.39 is 0 Å². The van der Waals surface area contributed by atoms with Crippen molar-refractivity contribution < 1.29 is 0 Å². The van der Waals surface area contributed by atoms with Crippen LogP contribution in [0.2, 0.25) is 15.1 Å². The average molecular weight is 274 g/mol. The van der Waals surface area contributed by atoms with Gasteiger partial charge in [0.1, 0.15) is 0 Å². The van der Waals surface area contributed by atoms with Gasteiger partial charge in [0.15, 0.2) is 0 Å². The second-order valence-electron chi connectivity index (χ2n) is 2.48. The van der Waals surface area contributed by atoms with Gasteiger partial charge in [-0.3, -0.25) is 0 Å². The fourth-order valence-corrected chi connectivity index (χ4v) is 1.39. The van der Waals surface area contributed by atoms with Crippen LogP contribution in [0.4, 0.5) is 5.69 Å². The number of nitrogens with zero attached hydrogens (tertiary/aromatic N) is 1. The minimum absolute atomic E-state index is 0. The summed E-state index contributed by atoms with van der Waals surface area (Å²) in [5.74, 6) is 0.439. The molecule has 6 heteroatoms. The van der Waals surface area contributed by atoms with Crippen molar-refractivity contribution in [3.05, 3.63) is 27.2 Å². The molecule has 1 rings (SSSR count). The van der Waals surface area contributed by atoms with Gasteiger partial charge < -0.3 is 5.73 Å². The SMILES string of the molecule is CC(N)=Nc1cc(Cl)c(Cl)c(Cl)c1.Cl. The van der Waals surface area contributed by atoms with Crippen molar-refractivity contribution in [3.63, 3.8) is 0 Å². The molecule has 14 heavy (non-hydrogen) atoms. The van der Waals surface area contributed by atoms with Crippen LogP contribution in [0.15, 0.2) is 17.1 Å². The average Bonchev–Trinajstić information content (AvgIpc) is 1.98. The number of hydrogen-bond donors (Lipinski definition) is 1. The fraction of sp³-hybridized carbons (Fsp3) is 0.125. The van der Waals surface area contributed by atoms with Gasteiger partial charge in [0.05, 0.1) is 26.6 Å². The van der Waals surface area contributed by atoms with Crippen LogP contribution in [-0.4, -0.2) is 5.84 Å². The Labute approximate surface area is 103 Å². The molecular formula is C8H8Cl4N2. The lowest BCUT2D eigenvalue weighted by Gasteiger charge is -2.01. The fourth-order valence-electron chi connectivity index (χ4n) is 0.810. The number of benzene rings is 1. The summed E-state index contributed by atoms with van der Waals surface area (Å²) in [5.41, 5.74) is 5.99. The van der Waals surface area contributed by atoms with Gasteiger partial charge in [-0.1, -0.05) is 34.8 Å². The third-order valence-electron chi connectivity index (χ3n) is 1.27. The molecule has 0 heterocycles. The molecule has 0 unspecified atom stereocenters. The lowest BCUT2D eigenvalue weighted by atomic mass is 10.3. The van der Waals surface area contributed by atoms with Crippen molar-refractivity contribution in [1.29, 1.82) is 0 Å². The molecule has 0 bridgehead atoms. The Hall–Kier alpha value is -0.150. The highest BCUT2D eigenvalue weighted by atomic mass is 35.5. The maximum absolute atomic E-state index is 5.78. The minimum Gasteiger partial charge on any atom is -0.387 e. The molecule has 0 atom stereocenters. The zero-order valence-corrected chi connectivity index (χ0v) is 10.3. The molecule has 0 amide bonds.